The fraction of sp³-hybridized carbons (Fsp3) is 0.438. The van der Waals surface area contributed by atoms with Gasteiger partial charge in [-0.1, -0.05) is 14.0 Å². The predicted molar refractivity (Wildman–Crippen MR) is 89.3 cm³/mol. The second-order valence-corrected chi connectivity index (χ2v) is 7.95. The first-order valence-electron chi connectivity index (χ1n) is 7.39. The number of aromatic nitrogens is 2. The molecule has 1 unspecified atom stereocenters. The highest BCUT2D eigenvalue weighted by Gasteiger charge is 2.20. The number of ether oxygens (including phenoxy) is 1. The highest BCUT2D eigenvalue weighted by atomic mass is 31.1. The number of nitrogens with zero attached hydrogens (tertiary/aromatic N) is 2. The number of nitrogen functional groups attached to an aromatic ring is 1. The lowest BCUT2D eigenvalue weighted by atomic mass is 10.1. The van der Waals surface area contributed by atoms with Crippen LogP contribution in [0.5, 0.6) is 0 Å². The molecule has 1 aromatic carbocycles. The van der Waals surface area contributed by atoms with Crippen LogP contribution in [0.25, 0.3) is 11.3 Å². The summed E-state index contributed by atoms with van der Waals surface area (Å²) in [4.78, 5) is 0. The molecule has 0 aliphatic carbocycles. The Morgan fingerprint density at radius 1 is 1.29 bits per heavy atom. The van der Waals surface area contributed by atoms with E-state index in [1.165, 1.54) is 11.7 Å². The van der Waals surface area contributed by atoms with Crippen molar-refractivity contribution in [2.45, 2.75) is 25.5 Å². The minimum absolute atomic E-state index is 0.0385. The third kappa shape index (κ3) is 2.97. The zero-order valence-corrected chi connectivity index (χ0v) is 13.5. The molecule has 2 N–H and O–H groups in total. The Labute approximate surface area is 127 Å². The molecule has 4 nitrogen and oxygen atoms in total. The molecule has 2 aromatic rings. The molecule has 0 radical (unpaired) electrons. The predicted octanol–water partition coefficient (Wildman–Crippen LogP) is 3.20. The van der Waals surface area contributed by atoms with Crippen molar-refractivity contribution in [3.05, 3.63) is 30.5 Å². The standard InChI is InChI=1S/C16H22N3OP/c1-21(2)12-6-7-14(17)13(11-12)15-8-9-18-19(15)16-5-3-4-10-20-16/h6-9,11,16H,3-5,10,17H2,1-2H3. The van der Waals surface area contributed by atoms with Gasteiger partial charge in [0.15, 0.2) is 6.23 Å². The Bertz CT molecular complexity index is 618. The molecule has 1 aliphatic rings. The minimum atomic E-state index is -0.141. The Morgan fingerprint density at radius 2 is 2.14 bits per heavy atom. The summed E-state index contributed by atoms with van der Waals surface area (Å²) >= 11 is 0. The molecule has 1 saturated heterocycles. The summed E-state index contributed by atoms with van der Waals surface area (Å²) in [6.07, 6.45) is 5.22. The van der Waals surface area contributed by atoms with Gasteiger partial charge in [0.25, 0.3) is 0 Å². The third-order valence-electron chi connectivity index (χ3n) is 3.93. The van der Waals surface area contributed by atoms with Crippen molar-refractivity contribution in [2.24, 2.45) is 0 Å². The van der Waals surface area contributed by atoms with Gasteiger partial charge in [0.1, 0.15) is 0 Å². The van der Waals surface area contributed by atoms with Gasteiger partial charge in [0.05, 0.1) is 5.69 Å². The molecule has 1 aliphatic heterocycles. The van der Waals surface area contributed by atoms with Crippen LogP contribution in [0.1, 0.15) is 25.5 Å². The SMILES string of the molecule is CP(C)c1ccc(N)c(-c2ccnn2C2CCCCO2)c1. The van der Waals surface area contributed by atoms with Gasteiger partial charge in [0, 0.05) is 24.1 Å². The van der Waals surface area contributed by atoms with Gasteiger partial charge in [-0.3, -0.25) is 0 Å². The largest absolute Gasteiger partial charge is 0.398 e. The summed E-state index contributed by atoms with van der Waals surface area (Å²) in [5.74, 6) is 0. The van der Waals surface area contributed by atoms with Crippen LogP contribution >= 0.6 is 7.92 Å². The molecule has 5 heteroatoms. The van der Waals surface area contributed by atoms with Crippen LogP contribution in [0.2, 0.25) is 0 Å². The van der Waals surface area contributed by atoms with Crippen LogP contribution in [0.15, 0.2) is 30.5 Å². The average Bonchev–Trinajstić information content (AvgIpc) is 2.97. The van der Waals surface area contributed by atoms with Crippen LogP contribution in [-0.2, 0) is 4.74 Å². The van der Waals surface area contributed by atoms with E-state index in [1.807, 2.05) is 23.0 Å². The molecule has 0 spiro atoms. The summed E-state index contributed by atoms with van der Waals surface area (Å²) in [6.45, 7) is 5.33. The van der Waals surface area contributed by atoms with E-state index in [-0.39, 0.29) is 14.1 Å². The molecule has 0 bridgehead atoms. The normalized spacial score (nSPS) is 19.1. The average molecular weight is 303 g/mol. The van der Waals surface area contributed by atoms with E-state index in [1.54, 1.807) is 0 Å². The van der Waals surface area contributed by atoms with Crippen molar-refractivity contribution in [1.82, 2.24) is 9.78 Å². The van der Waals surface area contributed by atoms with Crippen LogP contribution in [-0.4, -0.2) is 29.7 Å². The number of anilines is 1. The van der Waals surface area contributed by atoms with E-state index in [2.05, 4.69) is 30.6 Å². The zero-order chi connectivity index (χ0) is 14.8. The second-order valence-electron chi connectivity index (χ2n) is 5.65. The fourth-order valence-electron chi connectivity index (χ4n) is 2.72. The molecule has 3 rings (SSSR count). The maximum absolute atomic E-state index is 6.20. The molecule has 21 heavy (non-hydrogen) atoms. The van der Waals surface area contributed by atoms with Crippen LogP contribution in [0, 0.1) is 0 Å². The quantitative estimate of drug-likeness (QED) is 0.700. The van der Waals surface area contributed by atoms with E-state index >= 15 is 0 Å². The minimum Gasteiger partial charge on any atom is -0.398 e. The fourth-order valence-corrected chi connectivity index (χ4v) is 3.48. The molecule has 1 aromatic heterocycles. The van der Waals surface area contributed by atoms with E-state index in [4.69, 9.17) is 10.5 Å². The van der Waals surface area contributed by atoms with Gasteiger partial charge in [-0.15, -0.1) is 0 Å². The molecule has 1 atom stereocenters. The molecule has 0 amide bonds. The lowest BCUT2D eigenvalue weighted by Gasteiger charge is -2.25. The van der Waals surface area contributed by atoms with Gasteiger partial charge in [-0.05, 0) is 56.1 Å². The highest BCUT2D eigenvalue weighted by Crippen LogP contribution is 2.33. The molecule has 112 valence electrons. The van der Waals surface area contributed by atoms with E-state index in [9.17, 15) is 0 Å². The smallest absolute Gasteiger partial charge is 0.150 e. The Hall–Kier alpha value is -1.38. The molecular formula is C16H22N3OP. The summed E-state index contributed by atoms with van der Waals surface area (Å²) in [5, 5.41) is 5.83. The Morgan fingerprint density at radius 3 is 2.86 bits per heavy atom. The number of rotatable bonds is 3. The molecular weight excluding hydrogens is 281 g/mol. The van der Waals surface area contributed by atoms with Crippen molar-refractivity contribution in [2.75, 3.05) is 25.7 Å². The van der Waals surface area contributed by atoms with Gasteiger partial charge in [-0.25, -0.2) is 4.68 Å². The van der Waals surface area contributed by atoms with Crippen molar-refractivity contribution in [3.63, 3.8) is 0 Å². The molecule has 1 fully saturated rings. The van der Waals surface area contributed by atoms with Crippen LogP contribution in [0.4, 0.5) is 5.69 Å². The van der Waals surface area contributed by atoms with Crippen LogP contribution < -0.4 is 11.0 Å². The molecule has 0 saturated carbocycles. The number of hydrogen-bond donors (Lipinski definition) is 1. The summed E-state index contributed by atoms with van der Waals surface area (Å²) in [7, 11) is -0.141. The van der Waals surface area contributed by atoms with Crippen LogP contribution in [0.3, 0.4) is 0 Å². The number of nitrogens with two attached hydrogens (primary N) is 1. The topological polar surface area (TPSA) is 53.1 Å². The summed E-state index contributed by atoms with van der Waals surface area (Å²) in [6, 6.07) is 8.37. The zero-order valence-electron chi connectivity index (χ0n) is 12.6. The lowest BCUT2D eigenvalue weighted by Crippen LogP contribution is -2.20. The Balaban J connectivity index is 2.01. The summed E-state index contributed by atoms with van der Waals surface area (Å²) in [5.41, 5.74) is 9.12. The van der Waals surface area contributed by atoms with Crippen molar-refractivity contribution in [1.29, 1.82) is 0 Å². The molecule has 2 heterocycles. The van der Waals surface area contributed by atoms with E-state index in [0.29, 0.717) is 0 Å². The highest BCUT2D eigenvalue weighted by molar-refractivity contribution is 7.64. The first-order valence-corrected chi connectivity index (χ1v) is 9.63. The second kappa shape index (κ2) is 6.17. The van der Waals surface area contributed by atoms with Crippen molar-refractivity contribution < 1.29 is 4.74 Å². The third-order valence-corrected chi connectivity index (χ3v) is 5.24. The number of benzene rings is 1. The summed E-state index contributed by atoms with van der Waals surface area (Å²) < 4.78 is 7.85. The van der Waals surface area contributed by atoms with Gasteiger partial charge in [0.2, 0.25) is 0 Å². The van der Waals surface area contributed by atoms with Crippen molar-refractivity contribution in [3.8, 4) is 11.3 Å². The van der Waals surface area contributed by atoms with Gasteiger partial charge >= 0.3 is 0 Å². The van der Waals surface area contributed by atoms with Crippen molar-refractivity contribution >= 4 is 18.9 Å². The van der Waals surface area contributed by atoms with E-state index in [0.717, 1.165) is 36.4 Å². The maximum Gasteiger partial charge on any atom is 0.150 e. The first-order chi connectivity index (χ1) is 10.2. The van der Waals surface area contributed by atoms with Gasteiger partial charge in [-0.2, -0.15) is 5.10 Å². The number of hydrogen-bond acceptors (Lipinski definition) is 3. The Kier molecular flexibility index (Phi) is 4.27. The van der Waals surface area contributed by atoms with E-state index < -0.39 is 0 Å². The monoisotopic (exact) mass is 303 g/mol. The maximum atomic E-state index is 6.20. The first kappa shape index (κ1) is 14.6. The lowest BCUT2D eigenvalue weighted by molar-refractivity contribution is -0.0383. The van der Waals surface area contributed by atoms with Gasteiger partial charge < -0.3 is 10.5 Å².